The highest BCUT2D eigenvalue weighted by atomic mass is 32.2. The van der Waals surface area contributed by atoms with Crippen LogP contribution in [0.5, 0.6) is 0 Å². The van der Waals surface area contributed by atoms with Gasteiger partial charge in [-0.05, 0) is 44.1 Å². The molecule has 1 fully saturated rings. The molecule has 4 heteroatoms. The summed E-state index contributed by atoms with van der Waals surface area (Å²) in [6.45, 7) is 0.300. The summed E-state index contributed by atoms with van der Waals surface area (Å²) in [7, 11) is 0. The first kappa shape index (κ1) is 15.9. The van der Waals surface area contributed by atoms with Gasteiger partial charge in [0, 0.05) is 16.9 Å². The zero-order valence-corrected chi connectivity index (χ0v) is 13.2. The third kappa shape index (κ3) is 4.52. The Labute approximate surface area is 131 Å². The van der Waals surface area contributed by atoms with E-state index in [4.69, 9.17) is 5.73 Å². The van der Waals surface area contributed by atoms with Crippen molar-refractivity contribution in [2.24, 2.45) is 5.73 Å². The van der Waals surface area contributed by atoms with Gasteiger partial charge < -0.3 is 11.1 Å². The quantitative estimate of drug-likeness (QED) is 0.843. The minimum atomic E-state index is -0.0236. The van der Waals surface area contributed by atoms with Gasteiger partial charge in [-0.2, -0.15) is 11.8 Å². The van der Waals surface area contributed by atoms with Gasteiger partial charge in [0.05, 0.1) is 12.1 Å². The molecule has 0 radical (unpaired) electrons. The van der Waals surface area contributed by atoms with Gasteiger partial charge in [0.15, 0.2) is 0 Å². The second-order valence-corrected chi connectivity index (χ2v) is 6.37. The van der Waals surface area contributed by atoms with E-state index in [1.54, 1.807) is 0 Å². The molecule has 0 atom stereocenters. The van der Waals surface area contributed by atoms with Gasteiger partial charge in [-0.1, -0.05) is 24.0 Å². The van der Waals surface area contributed by atoms with Crippen molar-refractivity contribution >= 4 is 17.7 Å². The fourth-order valence-corrected chi connectivity index (χ4v) is 3.39. The number of benzene rings is 1. The van der Waals surface area contributed by atoms with Crippen LogP contribution in [-0.4, -0.2) is 30.0 Å². The van der Waals surface area contributed by atoms with E-state index in [1.165, 1.54) is 12.8 Å². The van der Waals surface area contributed by atoms with E-state index in [9.17, 15) is 4.79 Å². The van der Waals surface area contributed by atoms with E-state index >= 15 is 0 Å². The maximum atomic E-state index is 12.4. The largest absolute Gasteiger partial charge is 0.349 e. The van der Waals surface area contributed by atoms with Crippen molar-refractivity contribution in [2.45, 2.75) is 37.0 Å². The SMILES string of the molecule is CSC1CCC(NC(=O)c2ccccc2C#CCN)CC1. The van der Waals surface area contributed by atoms with Crippen LogP contribution in [0.1, 0.15) is 41.6 Å². The lowest BCUT2D eigenvalue weighted by Gasteiger charge is -2.28. The van der Waals surface area contributed by atoms with Crippen LogP contribution in [0.25, 0.3) is 0 Å². The predicted octanol–water partition coefficient (Wildman–Crippen LogP) is 2.40. The normalized spacial score (nSPS) is 21.2. The van der Waals surface area contributed by atoms with E-state index in [0.717, 1.165) is 23.7 Å². The molecule has 1 aromatic carbocycles. The third-order valence-electron chi connectivity index (χ3n) is 3.84. The van der Waals surface area contributed by atoms with Gasteiger partial charge in [0.25, 0.3) is 5.91 Å². The lowest BCUT2D eigenvalue weighted by Crippen LogP contribution is -2.38. The van der Waals surface area contributed by atoms with Crippen molar-refractivity contribution < 1.29 is 4.79 Å². The topological polar surface area (TPSA) is 55.1 Å². The van der Waals surface area contributed by atoms with Crippen molar-refractivity contribution in [3.63, 3.8) is 0 Å². The molecule has 1 amide bonds. The van der Waals surface area contributed by atoms with E-state index in [1.807, 2.05) is 36.0 Å². The molecule has 1 aliphatic carbocycles. The molecule has 21 heavy (non-hydrogen) atoms. The zero-order valence-electron chi connectivity index (χ0n) is 12.4. The molecular formula is C17H22N2OS. The highest BCUT2D eigenvalue weighted by Crippen LogP contribution is 2.27. The Bertz CT molecular complexity index is 539. The van der Waals surface area contributed by atoms with Crippen molar-refractivity contribution in [1.82, 2.24) is 5.32 Å². The molecule has 0 aliphatic heterocycles. The molecule has 0 heterocycles. The molecule has 3 nitrogen and oxygen atoms in total. The first-order valence-corrected chi connectivity index (χ1v) is 8.65. The summed E-state index contributed by atoms with van der Waals surface area (Å²) in [5, 5.41) is 3.90. The summed E-state index contributed by atoms with van der Waals surface area (Å²) in [6.07, 6.45) is 6.65. The van der Waals surface area contributed by atoms with E-state index < -0.39 is 0 Å². The smallest absolute Gasteiger partial charge is 0.252 e. The molecule has 0 spiro atoms. The summed E-state index contributed by atoms with van der Waals surface area (Å²) >= 11 is 1.93. The van der Waals surface area contributed by atoms with Crippen molar-refractivity contribution in [3.05, 3.63) is 35.4 Å². The summed E-state index contributed by atoms with van der Waals surface area (Å²) in [4.78, 5) is 12.4. The number of rotatable bonds is 3. The Kier molecular flexibility index (Phi) is 6.16. The second-order valence-electron chi connectivity index (χ2n) is 5.23. The number of carbonyl (C=O) groups excluding carboxylic acids is 1. The van der Waals surface area contributed by atoms with Crippen LogP contribution in [0.4, 0.5) is 0 Å². The molecule has 0 saturated heterocycles. The monoisotopic (exact) mass is 302 g/mol. The van der Waals surface area contributed by atoms with Crippen LogP contribution in [0.15, 0.2) is 24.3 Å². The molecule has 3 N–H and O–H groups in total. The van der Waals surface area contributed by atoms with Gasteiger partial charge in [-0.15, -0.1) is 0 Å². The predicted molar refractivity (Wildman–Crippen MR) is 89.4 cm³/mol. The fourth-order valence-electron chi connectivity index (χ4n) is 2.64. The number of thioether (sulfide) groups is 1. The van der Waals surface area contributed by atoms with E-state index in [2.05, 4.69) is 23.4 Å². The number of hydrogen-bond donors (Lipinski definition) is 2. The molecule has 112 valence electrons. The Morgan fingerprint density at radius 3 is 2.71 bits per heavy atom. The van der Waals surface area contributed by atoms with Gasteiger partial charge in [0.2, 0.25) is 0 Å². The van der Waals surface area contributed by atoms with Crippen LogP contribution in [0.3, 0.4) is 0 Å². The highest BCUT2D eigenvalue weighted by Gasteiger charge is 2.22. The first-order chi connectivity index (χ1) is 10.2. The molecule has 2 rings (SSSR count). The number of nitrogens with two attached hydrogens (primary N) is 1. The maximum absolute atomic E-state index is 12.4. The Balaban J connectivity index is 2.01. The maximum Gasteiger partial charge on any atom is 0.252 e. The summed E-state index contributed by atoms with van der Waals surface area (Å²) in [5.74, 6) is 5.76. The number of amides is 1. The standard InChI is InChI=1S/C17H22N2OS/c1-21-15-10-8-14(9-11-15)19-17(20)16-7-3-2-5-13(16)6-4-12-18/h2-3,5,7,14-15H,8-12,18H2,1H3,(H,19,20). The van der Waals surface area contributed by atoms with Crippen LogP contribution in [0.2, 0.25) is 0 Å². The number of nitrogens with one attached hydrogen (secondary N) is 1. The van der Waals surface area contributed by atoms with Gasteiger partial charge in [-0.25, -0.2) is 0 Å². The Morgan fingerprint density at radius 1 is 1.33 bits per heavy atom. The minimum absolute atomic E-state index is 0.0236. The van der Waals surface area contributed by atoms with Gasteiger partial charge >= 0.3 is 0 Å². The van der Waals surface area contributed by atoms with Crippen LogP contribution in [-0.2, 0) is 0 Å². The Hall–Kier alpha value is -1.44. The minimum Gasteiger partial charge on any atom is -0.349 e. The average Bonchev–Trinajstić information content (AvgIpc) is 2.54. The zero-order chi connectivity index (χ0) is 15.1. The van der Waals surface area contributed by atoms with E-state index in [-0.39, 0.29) is 11.9 Å². The van der Waals surface area contributed by atoms with E-state index in [0.29, 0.717) is 12.1 Å². The lowest BCUT2D eigenvalue weighted by atomic mass is 9.94. The number of hydrogen-bond acceptors (Lipinski definition) is 3. The van der Waals surface area contributed by atoms with Crippen molar-refractivity contribution in [3.8, 4) is 11.8 Å². The molecular weight excluding hydrogens is 280 g/mol. The van der Waals surface area contributed by atoms with Gasteiger partial charge in [-0.3, -0.25) is 4.79 Å². The molecule has 0 bridgehead atoms. The van der Waals surface area contributed by atoms with Crippen LogP contribution < -0.4 is 11.1 Å². The summed E-state index contributed by atoms with van der Waals surface area (Å²) < 4.78 is 0. The van der Waals surface area contributed by atoms with Crippen molar-refractivity contribution in [1.29, 1.82) is 0 Å². The lowest BCUT2D eigenvalue weighted by molar-refractivity contribution is 0.0928. The van der Waals surface area contributed by atoms with Crippen LogP contribution in [0, 0.1) is 11.8 Å². The third-order valence-corrected chi connectivity index (χ3v) is 4.98. The molecule has 1 saturated carbocycles. The first-order valence-electron chi connectivity index (χ1n) is 7.36. The number of carbonyl (C=O) groups is 1. The summed E-state index contributed by atoms with van der Waals surface area (Å²) in [6, 6.07) is 7.73. The average molecular weight is 302 g/mol. The van der Waals surface area contributed by atoms with Gasteiger partial charge in [0.1, 0.15) is 0 Å². The summed E-state index contributed by atoms with van der Waals surface area (Å²) in [5.41, 5.74) is 6.79. The molecule has 1 aromatic rings. The molecule has 0 aromatic heterocycles. The highest BCUT2D eigenvalue weighted by molar-refractivity contribution is 7.99. The van der Waals surface area contributed by atoms with Crippen molar-refractivity contribution in [2.75, 3.05) is 12.8 Å². The molecule has 1 aliphatic rings. The second kappa shape index (κ2) is 8.11. The fraction of sp³-hybridized carbons (Fsp3) is 0.471. The Morgan fingerprint density at radius 2 is 2.05 bits per heavy atom. The van der Waals surface area contributed by atoms with Crippen LogP contribution >= 0.6 is 11.8 Å². The molecule has 0 unspecified atom stereocenters.